The first-order valence-corrected chi connectivity index (χ1v) is 12.2. The summed E-state index contributed by atoms with van der Waals surface area (Å²) in [6, 6.07) is 11.3. The van der Waals surface area contributed by atoms with Crippen LogP contribution in [-0.4, -0.2) is 30.6 Å². The quantitative estimate of drug-likeness (QED) is 0.378. The maximum atomic E-state index is 13.4. The summed E-state index contributed by atoms with van der Waals surface area (Å²) in [5, 5.41) is 0. The molecule has 2 aromatic heterocycles. The molecule has 3 heterocycles. The van der Waals surface area contributed by atoms with Crippen molar-refractivity contribution in [3.63, 3.8) is 0 Å². The molecular weight excluding hydrogens is 454 g/mol. The van der Waals surface area contributed by atoms with Crippen molar-refractivity contribution in [2.45, 2.75) is 45.6 Å². The molecule has 0 spiro atoms. The maximum absolute atomic E-state index is 13.4. The highest BCUT2D eigenvalue weighted by atomic mass is 32.2. The molecule has 5 rings (SSSR count). The van der Waals surface area contributed by atoms with E-state index in [0.717, 1.165) is 36.8 Å². The summed E-state index contributed by atoms with van der Waals surface area (Å²) in [7, 11) is 0. The number of carbonyl (C=O) groups excluding carboxylic acids is 1. The van der Waals surface area contributed by atoms with Crippen LogP contribution in [0.5, 0.6) is 11.6 Å². The van der Waals surface area contributed by atoms with Gasteiger partial charge in [-0.15, -0.1) is 0 Å². The number of thioether (sulfide) groups is 1. The molecule has 0 unspecified atom stereocenters. The Bertz CT molecular complexity index is 1370. The van der Waals surface area contributed by atoms with Crippen LogP contribution in [0.3, 0.4) is 0 Å². The number of nitrogens with zero attached hydrogens (tertiary/aromatic N) is 3. The minimum Gasteiger partial charge on any atom is -0.438 e. The summed E-state index contributed by atoms with van der Waals surface area (Å²) in [6.07, 6.45) is 7.37. The fourth-order valence-corrected chi connectivity index (χ4v) is 5.77. The van der Waals surface area contributed by atoms with Crippen molar-refractivity contribution in [3.8, 4) is 11.6 Å². The van der Waals surface area contributed by atoms with E-state index in [1.165, 1.54) is 16.2 Å². The van der Waals surface area contributed by atoms with Crippen LogP contribution in [0.1, 0.15) is 42.4 Å². The molecule has 1 aliphatic carbocycles. The fraction of sp³-hybridized carbons (Fsp3) is 0.280. The van der Waals surface area contributed by atoms with Gasteiger partial charge in [-0.3, -0.25) is 18.9 Å². The second-order valence-corrected chi connectivity index (χ2v) is 10.1. The van der Waals surface area contributed by atoms with Crippen molar-refractivity contribution < 1.29 is 9.53 Å². The van der Waals surface area contributed by atoms with Gasteiger partial charge in [0.2, 0.25) is 5.88 Å². The lowest BCUT2D eigenvalue weighted by Crippen LogP contribution is -2.36. The van der Waals surface area contributed by atoms with E-state index < -0.39 is 0 Å². The number of aromatic nitrogens is 2. The number of aryl methyl sites for hydroxylation is 2. The van der Waals surface area contributed by atoms with E-state index in [2.05, 4.69) is 4.98 Å². The van der Waals surface area contributed by atoms with Gasteiger partial charge in [0.25, 0.3) is 11.5 Å². The number of carbonyl (C=O) groups is 1. The molecule has 2 aliphatic rings. The molecule has 0 bridgehead atoms. The Morgan fingerprint density at radius 2 is 1.94 bits per heavy atom. The average molecular weight is 478 g/mol. The summed E-state index contributed by atoms with van der Waals surface area (Å²) in [6.45, 7) is 3.96. The zero-order valence-electron chi connectivity index (χ0n) is 18.4. The van der Waals surface area contributed by atoms with Crippen molar-refractivity contribution in [3.05, 3.63) is 74.5 Å². The molecule has 2 fully saturated rings. The minimum absolute atomic E-state index is 0.144. The highest BCUT2D eigenvalue weighted by Gasteiger charge is 2.38. The topological polar surface area (TPSA) is 63.9 Å². The maximum Gasteiger partial charge on any atom is 0.269 e. The molecule has 33 heavy (non-hydrogen) atoms. The molecule has 168 valence electrons. The van der Waals surface area contributed by atoms with E-state index in [-0.39, 0.29) is 29.0 Å². The normalized spacial score (nSPS) is 18.1. The van der Waals surface area contributed by atoms with E-state index in [1.807, 2.05) is 38.1 Å². The number of thiocarbonyl (C=S) groups is 1. The number of benzene rings is 1. The van der Waals surface area contributed by atoms with Crippen molar-refractivity contribution in [1.82, 2.24) is 14.3 Å². The third-order valence-corrected chi connectivity index (χ3v) is 7.39. The van der Waals surface area contributed by atoms with Crippen LogP contribution < -0.4 is 10.3 Å². The molecule has 1 aromatic carbocycles. The molecule has 0 radical (unpaired) electrons. The lowest BCUT2D eigenvalue weighted by atomic mass is 10.1. The Hall–Kier alpha value is -2.97. The predicted molar refractivity (Wildman–Crippen MR) is 135 cm³/mol. The van der Waals surface area contributed by atoms with Crippen LogP contribution in [0.4, 0.5) is 0 Å². The van der Waals surface area contributed by atoms with Gasteiger partial charge in [-0.2, -0.15) is 4.98 Å². The molecule has 3 aromatic rings. The third-order valence-electron chi connectivity index (χ3n) is 6.06. The van der Waals surface area contributed by atoms with Gasteiger partial charge in [-0.25, -0.2) is 0 Å². The highest BCUT2D eigenvalue weighted by molar-refractivity contribution is 8.26. The molecule has 0 N–H and O–H groups in total. The second kappa shape index (κ2) is 8.76. The van der Waals surface area contributed by atoms with Gasteiger partial charge < -0.3 is 4.74 Å². The number of rotatable bonds is 4. The summed E-state index contributed by atoms with van der Waals surface area (Å²) >= 11 is 6.76. The Kier molecular flexibility index (Phi) is 5.80. The SMILES string of the molecule is Cc1ccc(Oc2nc3ccccn3c(=O)c2C=C2SC(=S)N(C3CCCC3)C2=O)c(C)c1. The van der Waals surface area contributed by atoms with Gasteiger partial charge in [-0.05, 0) is 56.5 Å². The standard InChI is InChI=1S/C25H23N3O3S2/c1-15-10-11-19(16(2)13-15)31-22-18(23(29)27-12-6-5-9-21(27)26-22)14-20-24(30)28(25(32)33-20)17-7-3-4-8-17/h5-6,9-14,17H,3-4,7-8H2,1-2H3. The summed E-state index contributed by atoms with van der Waals surface area (Å²) in [4.78, 5) is 33.4. The van der Waals surface area contributed by atoms with Gasteiger partial charge in [-0.1, -0.05) is 60.6 Å². The van der Waals surface area contributed by atoms with Crippen LogP contribution in [0.2, 0.25) is 0 Å². The molecular formula is C25H23N3O3S2. The first kappa shape index (κ1) is 21.9. The monoisotopic (exact) mass is 477 g/mol. The minimum atomic E-state index is -0.300. The molecule has 1 saturated carbocycles. The number of hydrogen-bond acceptors (Lipinski definition) is 6. The predicted octanol–water partition coefficient (Wildman–Crippen LogP) is 5.25. The van der Waals surface area contributed by atoms with Crippen LogP contribution >= 0.6 is 24.0 Å². The van der Waals surface area contributed by atoms with Crippen molar-refractivity contribution in [1.29, 1.82) is 0 Å². The zero-order valence-corrected chi connectivity index (χ0v) is 20.0. The number of pyridine rings is 1. The lowest BCUT2D eigenvalue weighted by Gasteiger charge is -2.21. The summed E-state index contributed by atoms with van der Waals surface area (Å²) < 4.78 is 8.15. The Morgan fingerprint density at radius 1 is 1.15 bits per heavy atom. The zero-order chi connectivity index (χ0) is 23.1. The largest absolute Gasteiger partial charge is 0.438 e. The number of amides is 1. The summed E-state index contributed by atoms with van der Waals surface area (Å²) in [5.74, 6) is 0.636. The molecule has 1 amide bonds. The lowest BCUT2D eigenvalue weighted by molar-refractivity contribution is -0.123. The number of ether oxygens (including phenoxy) is 1. The van der Waals surface area contributed by atoms with Gasteiger partial charge in [0.05, 0.1) is 4.91 Å². The van der Waals surface area contributed by atoms with E-state index in [9.17, 15) is 9.59 Å². The number of fused-ring (bicyclic) bond motifs is 1. The highest BCUT2D eigenvalue weighted by Crippen LogP contribution is 2.38. The van der Waals surface area contributed by atoms with Crippen LogP contribution in [0.25, 0.3) is 11.7 Å². The molecule has 1 aliphatic heterocycles. The first-order valence-electron chi connectivity index (χ1n) is 11.0. The van der Waals surface area contributed by atoms with E-state index >= 15 is 0 Å². The Labute approximate surface area is 201 Å². The van der Waals surface area contributed by atoms with Crippen LogP contribution in [-0.2, 0) is 4.79 Å². The first-order chi connectivity index (χ1) is 15.9. The van der Waals surface area contributed by atoms with Crippen molar-refractivity contribution in [2.75, 3.05) is 0 Å². The fourth-order valence-electron chi connectivity index (χ4n) is 4.39. The van der Waals surface area contributed by atoms with E-state index in [0.29, 0.717) is 20.6 Å². The van der Waals surface area contributed by atoms with E-state index in [1.54, 1.807) is 29.3 Å². The van der Waals surface area contributed by atoms with Gasteiger partial charge >= 0.3 is 0 Å². The molecule has 0 atom stereocenters. The Morgan fingerprint density at radius 3 is 2.70 bits per heavy atom. The molecule has 8 heteroatoms. The van der Waals surface area contributed by atoms with Gasteiger partial charge in [0.15, 0.2) is 0 Å². The van der Waals surface area contributed by atoms with E-state index in [4.69, 9.17) is 17.0 Å². The molecule has 6 nitrogen and oxygen atoms in total. The third kappa shape index (κ3) is 4.09. The second-order valence-electron chi connectivity index (χ2n) is 8.43. The smallest absolute Gasteiger partial charge is 0.269 e. The average Bonchev–Trinajstić information content (AvgIpc) is 3.40. The Balaban J connectivity index is 1.61. The van der Waals surface area contributed by atoms with Gasteiger partial charge in [0, 0.05) is 12.2 Å². The van der Waals surface area contributed by atoms with Gasteiger partial charge in [0.1, 0.15) is 21.3 Å². The summed E-state index contributed by atoms with van der Waals surface area (Å²) in [5.41, 5.74) is 2.45. The van der Waals surface area contributed by atoms with Crippen molar-refractivity contribution >= 4 is 45.9 Å². The van der Waals surface area contributed by atoms with Crippen LogP contribution in [0, 0.1) is 13.8 Å². The van der Waals surface area contributed by atoms with Crippen LogP contribution in [0.15, 0.2) is 52.3 Å². The molecule has 1 saturated heterocycles. The van der Waals surface area contributed by atoms with Crippen molar-refractivity contribution in [2.24, 2.45) is 0 Å². The number of hydrogen-bond donors (Lipinski definition) is 0.